The first-order valence-electron chi connectivity index (χ1n) is 12.1. The Morgan fingerprint density at radius 3 is 2.53 bits per heavy atom. The first-order chi connectivity index (χ1) is 17.6. The van der Waals surface area contributed by atoms with E-state index in [-0.39, 0.29) is 25.2 Å². The summed E-state index contributed by atoms with van der Waals surface area (Å²) in [5, 5.41) is 2.00. The second-order valence-corrected chi connectivity index (χ2v) is 9.70. The number of ether oxygens (including phenoxy) is 3. The van der Waals surface area contributed by atoms with Crippen molar-refractivity contribution >= 4 is 23.2 Å². The van der Waals surface area contributed by atoms with Gasteiger partial charge in [0, 0.05) is 38.1 Å². The molecule has 2 amide bonds. The lowest BCUT2D eigenvalue weighted by molar-refractivity contribution is -0.141. The van der Waals surface area contributed by atoms with Crippen LogP contribution in [-0.2, 0) is 33.8 Å². The molecule has 0 atom stereocenters. The molecule has 1 aliphatic heterocycles. The highest BCUT2D eigenvalue weighted by atomic mass is 32.1. The molecule has 0 bridgehead atoms. The maximum Gasteiger partial charge on any atom is 0.242 e. The molecule has 4 rings (SSSR count). The molecule has 2 heterocycles. The van der Waals surface area contributed by atoms with Crippen molar-refractivity contribution in [2.75, 3.05) is 33.6 Å². The van der Waals surface area contributed by atoms with Crippen molar-refractivity contribution in [3.63, 3.8) is 0 Å². The molecule has 0 unspecified atom stereocenters. The van der Waals surface area contributed by atoms with Crippen molar-refractivity contribution in [2.24, 2.45) is 0 Å². The third-order valence-corrected chi connectivity index (χ3v) is 6.88. The minimum Gasteiger partial charge on any atom is -0.454 e. The van der Waals surface area contributed by atoms with Gasteiger partial charge in [-0.1, -0.05) is 42.5 Å². The fourth-order valence-electron chi connectivity index (χ4n) is 4.09. The number of methoxy groups -OCH3 is 1. The monoisotopic (exact) mass is 508 g/mol. The first-order valence-corrected chi connectivity index (χ1v) is 13.0. The summed E-state index contributed by atoms with van der Waals surface area (Å²) in [4.78, 5) is 31.3. The highest BCUT2D eigenvalue weighted by molar-refractivity contribution is 7.09. The van der Waals surface area contributed by atoms with Crippen molar-refractivity contribution < 1.29 is 23.8 Å². The van der Waals surface area contributed by atoms with Crippen molar-refractivity contribution in [1.29, 1.82) is 0 Å². The van der Waals surface area contributed by atoms with Gasteiger partial charge in [-0.2, -0.15) is 0 Å². The average Bonchev–Trinajstić information content (AvgIpc) is 3.59. The quantitative estimate of drug-likeness (QED) is 0.318. The van der Waals surface area contributed by atoms with Crippen LogP contribution in [0, 0.1) is 0 Å². The number of carbonyl (C=O) groups is 2. The zero-order valence-corrected chi connectivity index (χ0v) is 21.4. The maximum absolute atomic E-state index is 13.6. The van der Waals surface area contributed by atoms with Crippen LogP contribution in [0.3, 0.4) is 0 Å². The number of benzene rings is 2. The van der Waals surface area contributed by atoms with Gasteiger partial charge in [-0.25, -0.2) is 0 Å². The van der Waals surface area contributed by atoms with Crippen LogP contribution in [0.2, 0.25) is 0 Å². The normalized spacial score (nSPS) is 11.9. The lowest BCUT2D eigenvalue weighted by Crippen LogP contribution is -2.43. The van der Waals surface area contributed by atoms with E-state index in [0.29, 0.717) is 57.0 Å². The van der Waals surface area contributed by atoms with E-state index in [1.54, 1.807) is 28.2 Å². The van der Waals surface area contributed by atoms with Crippen LogP contribution in [0.1, 0.15) is 28.8 Å². The van der Waals surface area contributed by atoms with Gasteiger partial charge >= 0.3 is 0 Å². The summed E-state index contributed by atoms with van der Waals surface area (Å²) in [5.74, 6) is 1.28. The van der Waals surface area contributed by atoms with Crippen molar-refractivity contribution in [2.45, 2.75) is 32.4 Å². The first kappa shape index (κ1) is 25.7. The third kappa shape index (κ3) is 7.32. The van der Waals surface area contributed by atoms with E-state index in [4.69, 9.17) is 14.2 Å². The molecule has 0 spiro atoms. The van der Waals surface area contributed by atoms with E-state index in [0.717, 1.165) is 16.0 Å². The van der Waals surface area contributed by atoms with Crippen molar-refractivity contribution in [3.05, 3.63) is 82.0 Å². The Morgan fingerprint density at radius 1 is 0.917 bits per heavy atom. The van der Waals surface area contributed by atoms with Crippen LogP contribution < -0.4 is 9.47 Å². The molecular formula is C28H32N2O5S. The van der Waals surface area contributed by atoms with Crippen LogP contribution in [0.15, 0.2) is 66.0 Å². The Balaban J connectivity index is 1.45. The number of amides is 2. The molecule has 0 saturated heterocycles. The molecule has 0 radical (unpaired) electrons. The van der Waals surface area contributed by atoms with Gasteiger partial charge in [0.15, 0.2) is 11.5 Å². The van der Waals surface area contributed by atoms with Gasteiger partial charge in [0.1, 0.15) is 0 Å². The summed E-state index contributed by atoms with van der Waals surface area (Å²) in [5.41, 5.74) is 2.06. The fourth-order valence-corrected chi connectivity index (χ4v) is 4.81. The minimum atomic E-state index is -0.0912. The van der Waals surface area contributed by atoms with Crippen LogP contribution in [0.4, 0.5) is 0 Å². The molecule has 0 saturated carbocycles. The highest BCUT2D eigenvalue weighted by Gasteiger charge is 2.23. The molecule has 0 aliphatic carbocycles. The van der Waals surface area contributed by atoms with Crippen LogP contribution >= 0.6 is 11.3 Å². The zero-order valence-electron chi connectivity index (χ0n) is 20.6. The summed E-state index contributed by atoms with van der Waals surface area (Å²) in [7, 11) is 1.64. The molecule has 1 aliphatic rings. The van der Waals surface area contributed by atoms with E-state index in [2.05, 4.69) is 0 Å². The lowest BCUT2D eigenvalue weighted by atomic mass is 10.1. The predicted molar refractivity (Wildman–Crippen MR) is 139 cm³/mol. The van der Waals surface area contributed by atoms with E-state index in [1.807, 2.05) is 66.0 Å². The Kier molecular flexibility index (Phi) is 9.35. The van der Waals surface area contributed by atoms with Gasteiger partial charge in [0.2, 0.25) is 18.6 Å². The number of rotatable bonds is 13. The Morgan fingerprint density at radius 2 is 1.75 bits per heavy atom. The number of hydrogen-bond acceptors (Lipinski definition) is 6. The van der Waals surface area contributed by atoms with Gasteiger partial charge in [0.25, 0.3) is 0 Å². The maximum atomic E-state index is 13.6. The summed E-state index contributed by atoms with van der Waals surface area (Å²) < 4.78 is 16.1. The average molecular weight is 509 g/mol. The molecule has 2 aromatic carbocycles. The number of hydrogen-bond donors (Lipinski definition) is 0. The smallest absolute Gasteiger partial charge is 0.242 e. The van der Waals surface area contributed by atoms with Crippen molar-refractivity contribution in [3.8, 4) is 11.5 Å². The SMILES string of the molecule is COCCCN(CC(=O)N(Cc1ccc2c(c1)OCO2)Cc1cccs1)C(=O)CCc1ccccc1. The van der Waals surface area contributed by atoms with Gasteiger partial charge in [-0.05, 0) is 47.5 Å². The molecule has 36 heavy (non-hydrogen) atoms. The van der Waals surface area contributed by atoms with E-state index < -0.39 is 0 Å². The largest absolute Gasteiger partial charge is 0.454 e. The van der Waals surface area contributed by atoms with Gasteiger partial charge < -0.3 is 24.0 Å². The summed E-state index contributed by atoms with van der Waals surface area (Å²) >= 11 is 1.61. The van der Waals surface area contributed by atoms with Gasteiger partial charge in [-0.15, -0.1) is 11.3 Å². The Labute approximate surface area is 216 Å². The molecule has 1 aromatic heterocycles. The van der Waals surface area contributed by atoms with Crippen molar-refractivity contribution in [1.82, 2.24) is 9.80 Å². The summed E-state index contributed by atoms with van der Waals surface area (Å²) in [6.07, 6.45) is 1.68. The van der Waals surface area contributed by atoms with Crippen LogP contribution in [-0.4, -0.2) is 55.2 Å². The number of nitrogens with zero attached hydrogens (tertiary/aromatic N) is 2. The summed E-state index contributed by atoms with van der Waals surface area (Å²) in [6, 6.07) is 19.7. The summed E-state index contributed by atoms with van der Waals surface area (Å²) in [6.45, 7) is 2.15. The predicted octanol–water partition coefficient (Wildman–Crippen LogP) is 4.50. The molecule has 3 aromatic rings. The fraction of sp³-hybridized carbons (Fsp3) is 0.357. The lowest BCUT2D eigenvalue weighted by Gasteiger charge is -2.28. The topological polar surface area (TPSA) is 68.3 Å². The standard InChI is InChI=1S/C28H32N2O5S/c1-33-15-6-14-29(27(31)13-11-22-7-3-2-4-8-22)20-28(32)30(19-24-9-5-16-36-24)18-23-10-12-25-26(17-23)35-21-34-25/h2-5,7-10,12,16-17H,6,11,13-15,18-21H2,1H3. The van der Waals surface area contributed by atoms with E-state index in [1.165, 1.54) is 0 Å². The second-order valence-electron chi connectivity index (χ2n) is 8.66. The molecule has 8 heteroatoms. The number of fused-ring (bicyclic) bond motifs is 1. The van der Waals surface area contributed by atoms with Crippen LogP contribution in [0.25, 0.3) is 0 Å². The molecule has 190 valence electrons. The number of thiophene rings is 1. The minimum absolute atomic E-state index is 0.0255. The van der Waals surface area contributed by atoms with E-state index >= 15 is 0 Å². The third-order valence-electron chi connectivity index (χ3n) is 6.02. The Bertz CT molecular complexity index is 1120. The van der Waals surface area contributed by atoms with Crippen LogP contribution in [0.5, 0.6) is 11.5 Å². The molecule has 0 fully saturated rings. The number of aryl methyl sites for hydroxylation is 1. The number of carbonyl (C=O) groups excluding carboxylic acids is 2. The second kappa shape index (κ2) is 13.1. The molecule has 0 N–H and O–H groups in total. The molecular weight excluding hydrogens is 476 g/mol. The van der Waals surface area contributed by atoms with Gasteiger partial charge in [0.05, 0.1) is 13.1 Å². The van der Waals surface area contributed by atoms with E-state index in [9.17, 15) is 9.59 Å². The Hall–Kier alpha value is -3.36. The zero-order chi connectivity index (χ0) is 25.2. The molecule has 7 nitrogen and oxygen atoms in total. The highest BCUT2D eigenvalue weighted by Crippen LogP contribution is 2.33. The van der Waals surface area contributed by atoms with Gasteiger partial charge in [-0.3, -0.25) is 9.59 Å².